The molecule has 0 aliphatic heterocycles. The lowest BCUT2D eigenvalue weighted by molar-refractivity contribution is 0.281. The Morgan fingerprint density at radius 2 is 1.87 bits per heavy atom. The predicted molar refractivity (Wildman–Crippen MR) is 88.3 cm³/mol. The first-order valence-corrected chi connectivity index (χ1v) is 7.26. The van der Waals surface area contributed by atoms with Crippen molar-refractivity contribution < 1.29 is 14.9 Å². The second-order valence-electron chi connectivity index (χ2n) is 5.31. The van der Waals surface area contributed by atoms with Crippen molar-refractivity contribution in [1.82, 2.24) is 10.2 Å². The summed E-state index contributed by atoms with van der Waals surface area (Å²) < 4.78 is 5.19. The zero-order valence-electron chi connectivity index (χ0n) is 13.0. The molecule has 0 amide bonds. The lowest BCUT2D eigenvalue weighted by atomic mass is 9.98. The van der Waals surface area contributed by atoms with Crippen LogP contribution in [0.2, 0.25) is 0 Å². The highest BCUT2D eigenvalue weighted by Crippen LogP contribution is 2.37. The SMILES string of the molecule is COc1ccc(-c2c(-c3ccc(CO)cc3O)n[nH]c2C)cc1. The van der Waals surface area contributed by atoms with E-state index in [4.69, 9.17) is 9.84 Å². The Kier molecular flexibility index (Phi) is 4.04. The van der Waals surface area contributed by atoms with E-state index >= 15 is 0 Å². The van der Waals surface area contributed by atoms with E-state index in [0.29, 0.717) is 16.8 Å². The summed E-state index contributed by atoms with van der Waals surface area (Å²) in [7, 11) is 1.63. The third-order valence-electron chi connectivity index (χ3n) is 3.83. The van der Waals surface area contributed by atoms with Crippen LogP contribution in [-0.2, 0) is 6.61 Å². The number of H-pyrrole nitrogens is 1. The molecule has 118 valence electrons. The molecule has 0 fully saturated rings. The van der Waals surface area contributed by atoms with E-state index < -0.39 is 0 Å². The monoisotopic (exact) mass is 310 g/mol. The van der Waals surface area contributed by atoms with Crippen LogP contribution in [0.25, 0.3) is 22.4 Å². The standard InChI is InChI=1S/C18H18N2O3/c1-11-17(13-4-6-14(23-2)7-5-13)18(20-19-11)15-8-3-12(10-21)9-16(15)22/h3-9,21-22H,10H2,1-2H3,(H,19,20). The quantitative estimate of drug-likeness (QED) is 0.691. The van der Waals surface area contributed by atoms with E-state index in [9.17, 15) is 5.11 Å². The largest absolute Gasteiger partial charge is 0.507 e. The smallest absolute Gasteiger partial charge is 0.125 e. The van der Waals surface area contributed by atoms with Gasteiger partial charge in [0.15, 0.2) is 0 Å². The summed E-state index contributed by atoms with van der Waals surface area (Å²) in [6, 6.07) is 12.8. The first-order chi connectivity index (χ1) is 11.1. The lowest BCUT2D eigenvalue weighted by Gasteiger charge is -2.08. The van der Waals surface area contributed by atoms with Crippen LogP contribution in [0.5, 0.6) is 11.5 Å². The van der Waals surface area contributed by atoms with Crippen molar-refractivity contribution in [2.75, 3.05) is 7.11 Å². The average Bonchev–Trinajstić information content (AvgIpc) is 2.96. The molecule has 0 saturated carbocycles. The fourth-order valence-corrected chi connectivity index (χ4v) is 2.61. The Balaban J connectivity index is 2.11. The van der Waals surface area contributed by atoms with Crippen LogP contribution in [0.1, 0.15) is 11.3 Å². The summed E-state index contributed by atoms with van der Waals surface area (Å²) in [5, 5.41) is 26.7. The molecule has 3 rings (SSSR count). The van der Waals surface area contributed by atoms with Crippen LogP contribution in [0, 0.1) is 6.92 Å². The first-order valence-electron chi connectivity index (χ1n) is 7.26. The molecule has 0 radical (unpaired) electrons. The van der Waals surface area contributed by atoms with E-state index in [1.807, 2.05) is 31.2 Å². The summed E-state index contributed by atoms with van der Waals surface area (Å²) in [6.45, 7) is 1.83. The lowest BCUT2D eigenvalue weighted by Crippen LogP contribution is -1.88. The summed E-state index contributed by atoms with van der Waals surface area (Å²) in [4.78, 5) is 0. The number of aryl methyl sites for hydroxylation is 1. The van der Waals surface area contributed by atoms with Crippen LogP contribution in [0.3, 0.4) is 0 Å². The molecule has 3 N–H and O–H groups in total. The molecule has 23 heavy (non-hydrogen) atoms. The van der Waals surface area contributed by atoms with Gasteiger partial charge in [0.25, 0.3) is 0 Å². The minimum Gasteiger partial charge on any atom is -0.507 e. The van der Waals surface area contributed by atoms with Crippen molar-refractivity contribution in [1.29, 1.82) is 0 Å². The van der Waals surface area contributed by atoms with Gasteiger partial charge < -0.3 is 14.9 Å². The minimum absolute atomic E-state index is 0.0952. The van der Waals surface area contributed by atoms with E-state index in [1.165, 1.54) is 0 Å². The molecule has 5 heteroatoms. The number of aromatic hydroxyl groups is 1. The molecule has 0 aliphatic rings. The minimum atomic E-state index is -0.112. The van der Waals surface area contributed by atoms with Gasteiger partial charge in [-0.1, -0.05) is 18.2 Å². The molecule has 3 aromatic rings. The number of phenolic OH excluding ortho intramolecular Hbond substituents is 1. The number of phenols is 1. The molecule has 2 aromatic carbocycles. The fourth-order valence-electron chi connectivity index (χ4n) is 2.61. The molecule has 1 heterocycles. The van der Waals surface area contributed by atoms with Crippen molar-refractivity contribution in [2.45, 2.75) is 13.5 Å². The number of aromatic nitrogens is 2. The Labute approximate surface area is 134 Å². The van der Waals surface area contributed by atoms with Crippen molar-refractivity contribution in [2.24, 2.45) is 0 Å². The number of benzene rings is 2. The van der Waals surface area contributed by atoms with Crippen molar-refractivity contribution in [3.63, 3.8) is 0 Å². The molecule has 0 atom stereocenters. The molecular formula is C18H18N2O3. The molecule has 0 unspecified atom stereocenters. The number of methoxy groups -OCH3 is 1. The highest BCUT2D eigenvalue weighted by atomic mass is 16.5. The molecule has 0 saturated heterocycles. The van der Waals surface area contributed by atoms with Gasteiger partial charge in [-0.3, -0.25) is 5.10 Å². The predicted octanol–water partition coefficient (Wildman–Crippen LogP) is 3.26. The normalized spacial score (nSPS) is 10.7. The molecule has 1 aromatic heterocycles. The fraction of sp³-hybridized carbons (Fsp3) is 0.167. The van der Waals surface area contributed by atoms with Crippen LogP contribution < -0.4 is 4.74 Å². The topological polar surface area (TPSA) is 78.4 Å². The van der Waals surface area contributed by atoms with Crippen LogP contribution in [0.4, 0.5) is 0 Å². The maximum Gasteiger partial charge on any atom is 0.125 e. The molecular weight excluding hydrogens is 292 g/mol. The summed E-state index contributed by atoms with van der Waals surface area (Å²) >= 11 is 0. The zero-order valence-corrected chi connectivity index (χ0v) is 13.0. The highest BCUT2D eigenvalue weighted by Gasteiger charge is 2.17. The van der Waals surface area contributed by atoms with Gasteiger partial charge in [0.1, 0.15) is 17.2 Å². The number of aliphatic hydroxyl groups is 1. The van der Waals surface area contributed by atoms with Gasteiger partial charge in [-0.15, -0.1) is 0 Å². The highest BCUT2D eigenvalue weighted by molar-refractivity contribution is 5.85. The summed E-state index contributed by atoms with van der Waals surface area (Å²) in [5.74, 6) is 0.879. The number of hydrogen-bond acceptors (Lipinski definition) is 4. The number of nitrogens with one attached hydrogen (secondary N) is 1. The summed E-state index contributed by atoms with van der Waals surface area (Å²) in [6.07, 6.45) is 0. The van der Waals surface area contributed by atoms with E-state index in [2.05, 4.69) is 10.2 Å². The number of hydrogen-bond donors (Lipinski definition) is 3. The summed E-state index contributed by atoms with van der Waals surface area (Å²) in [5.41, 5.74) is 4.78. The maximum absolute atomic E-state index is 10.3. The van der Waals surface area contributed by atoms with E-state index in [-0.39, 0.29) is 12.4 Å². The number of ether oxygens (including phenoxy) is 1. The van der Waals surface area contributed by atoms with Crippen molar-refractivity contribution in [3.05, 3.63) is 53.7 Å². The van der Waals surface area contributed by atoms with Crippen molar-refractivity contribution >= 4 is 0 Å². The van der Waals surface area contributed by atoms with Crippen molar-refractivity contribution in [3.8, 4) is 33.9 Å². The Bertz CT molecular complexity index is 823. The third-order valence-corrected chi connectivity index (χ3v) is 3.83. The van der Waals surface area contributed by atoms with Gasteiger partial charge in [0.05, 0.1) is 13.7 Å². The number of aromatic amines is 1. The van der Waals surface area contributed by atoms with Gasteiger partial charge >= 0.3 is 0 Å². The number of nitrogens with zero attached hydrogens (tertiary/aromatic N) is 1. The van der Waals surface area contributed by atoms with Gasteiger partial charge in [0.2, 0.25) is 0 Å². The average molecular weight is 310 g/mol. The Morgan fingerprint density at radius 3 is 2.48 bits per heavy atom. The van der Waals surface area contributed by atoms with Crippen LogP contribution >= 0.6 is 0 Å². The van der Waals surface area contributed by atoms with Gasteiger partial charge in [-0.25, -0.2) is 0 Å². The Morgan fingerprint density at radius 1 is 1.13 bits per heavy atom. The molecule has 0 spiro atoms. The third kappa shape index (κ3) is 2.78. The van der Waals surface area contributed by atoms with Gasteiger partial charge in [-0.05, 0) is 42.3 Å². The van der Waals surface area contributed by atoms with Gasteiger partial charge in [0, 0.05) is 16.8 Å². The number of aliphatic hydroxyl groups excluding tert-OH is 1. The second kappa shape index (κ2) is 6.14. The molecule has 5 nitrogen and oxygen atoms in total. The van der Waals surface area contributed by atoms with Crippen LogP contribution in [-0.4, -0.2) is 27.5 Å². The van der Waals surface area contributed by atoms with E-state index in [0.717, 1.165) is 22.6 Å². The maximum atomic E-state index is 10.3. The number of rotatable bonds is 4. The Hall–Kier alpha value is -2.79. The zero-order chi connectivity index (χ0) is 16.4. The first kappa shape index (κ1) is 15.1. The van der Waals surface area contributed by atoms with Crippen LogP contribution in [0.15, 0.2) is 42.5 Å². The van der Waals surface area contributed by atoms with E-state index in [1.54, 1.807) is 25.3 Å². The second-order valence-corrected chi connectivity index (χ2v) is 5.31. The molecule has 0 aliphatic carbocycles. The van der Waals surface area contributed by atoms with Gasteiger partial charge in [-0.2, -0.15) is 5.10 Å². The molecule has 0 bridgehead atoms.